The summed E-state index contributed by atoms with van der Waals surface area (Å²) in [7, 11) is -18.3. The lowest BCUT2D eigenvalue weighted by Crippen LogP contribution is -3.11. The Labute approximate surface area is 311 Å². The lowest BCUT2D eigenvalue weighted by Gasteiger charge is -2.36. The quantitative estimate of drug-likeness (QED) is 0.0783. The second kappa shape index (κ2) is 24.8. The minimum Gasteiger partial charge on any atom is -0.776 e. The normalized spacial score (nSPS) is 21.1. The molecule has 24 heteroatoms. The van der Waals surface area contributed by atoms with Gasteiger partial charge in [0.15, 0.2) is 26.4 Å². The van der Waals surface area contributed by atoms with E-state index in [4.69, 9.17) is 15.4 Å². The van der Waals surface area contributed by atoms with Crippen molar-refractivity contribution in [2.45, 2.75) is 92.8 Å². The highest BCUT2D eigenvalue weighted by Gasteiger charge is 2.39. The molecule has 7 atom stereocenters. The molecule has 4 unspecified atom stereocenters. The molecule has 0 radical (unpaired) electrons. The molecule has 0 aliphatic carbocycles. The third-order valence-electron chi connectivity index (χ3n) is 8.61. The number of H-pyrrole nitrogens is 1. The molecule has 0 aromatic carbocycles. The van der Waals surface area contributed by atoms with Crippen molar-refractivity contribution in [3.63, 3.8) is 0 Å². The van der Waals surface area contributed by atoms with E-state index in [2.05, 4.69) is 86.1 Å². The smallest absolute Gasteiger partial charge is 0.280 e. The number of alkyl halides is 1. The number of nitrogens with two attached hydrogens (primary N) is 1. The average Bonchev–Trinajstić information content (AvgIpc) is 3.69. The highest BCUT2D eigenvalue weighted by Crippen LogP contribution is 2.65. The Hall–Kier alpha value is -1.67. The van der Waals surface area contributed by atoms with E-state index in [1.54, 1.807) is 14.7 Å². The fraction of sp³-hybridized carbons (Fsp3) is 0.828. The summed E-state index contributed by atoms with van der Waals surface area (Å²) in [5.41, 5.74) is 0.683. The zero-order chi connectivity index (χ0) is 41.2. The minimum atomic E-state index is -6.30. The predicted molar refractivity (Wildman–Crippen MR) is 192 cm³/mol. The Balaban J connectivity index is 0.00000105. The number of ether oxygens (including phenoxy) is 1. The van der Waals surface area contributed by atoms with Crippen LogP contribution in [-0.4, -0.2) is 113 Å². The first-order valence-electron chi connectivity index (χ1n) is 17.9. The van der Waals surface area contributed by atoms with Crippen LogP contribution in [0.4, 0.5) is 10.3 Å². The predicted octanol–water partition coefficient (Wildman–Crippen LogP) is -3.00. The number of phosphoric acid groups is 1. The molecule has 1 aliphatic rings. The largest absolute Gasteiger partial charge is 0.776 e. The Morgan fingerprint density at radius 1 is 0.943 bits per heavy atom. The minimum absolute atomic E-state index is 0.00447. The molecule has 3 heterocycles. The molecule has 53 heavy (non-hydrogen) atoms. The number of aliphatic hydroxyl groups is 1. The Bertz CT molecular complexity index is 1480. The highest BCUT2D eigenvalue weighted by atomic mass is 31.3. The van der Waals surface area contributed by atoms with Gasteiger partial charge < -0.3 is 63.5 Å². The first-order chi connectivity index (χ1) is 24.6. The van der Waals surface area contributed by atoms with Crippen molar-refractivity contribution < 1.29 is 71.0 Å². The zero-order valence-electron chi connectivity index (χ0n) is 32.3. The van der Waals surface area contributed by atoms with Crippen LogP contribution in [0.1, 0.15) is 75.0 Å². The van der Waals surface area contributed by atoms with Crippen LogP contribution in [0.5, 0.6) is 0 Å². The van der Waals surface area contributed by atoms with Crippen LogP contribution >= 0.6 is 23.0 Å². The number of halogens is 1. The summed E-state index contributed by atoms with van der Waals surface area (Å²) < 4.78 is 61.2. The molecule has 1 saturated heterocycles. The van der Waals surface area contributed by atoms with E-state index in [-0.39, 0.29) is 23.5 Å². The number of aliphatic hydroxyl groups excluding tert-OH is 1. The second-order valence-electron chi connectivity index (χ2n) is 11.9. The van der Waals surface area contributed by atoms with Crippen molar-refractivity contribution in [2.24, 2.45) is 0 Å². The van der Waals surface area contributed by atoms with Crippen molar-refractivity contribution in [2.75, 3.05) is 71.2 Å². The number of hydrogen-bond donors (Lipinski definition) is 7. The van der Waals surface area contributed by atoms with Crippen LogP contribution in [0.3, 0.4) is 0 Å². The molecule has 0 spiro atoms. The SMILES string of the molecule is CC[NH+](CC)CC.CC[NH+](CC)CC.CC[NH+](CC)CC.Nc1nc2c(ncn2[C@H]2C[C@H](O)[C@@H](COP(=O)([O-])OP(=O)([O-])C(F)P(=O)([O-])O)O2)c(=O)[nH]1. The van der Waals surface area contributed by atoms with E-state index in [0.717, 1.165) is 6.33 Å². The van der Waals surface area contributed by atoms with Gasteiger partial charge in [-0.1, -0.05) is 0 Å². The van der Waals surface area contributed by atoms with Crippen molar-refractivity contribution in [1.82, 2.24) is 19.5 Å². The van der Waals surface area contributed by atoms with Crippen molar-refractivity contribution >= 4 is 40.1 Å². The number of aromatic nitrogens is 4. The summed E-state index contributed by atoms with van der Waals surface area (Å²) >= 11 is 0. The van der Waals surface area contributed by atoms with Gasteiger partial charge in [-0.3, -0.25) is 23.2 Å². The number of phosphoric ester groups is 1. The number of quaternary nitrogens is 3. The standard InChI is InChI=1S/C11H17FN5O12P3.3C6H15N/c12-10(30(20,21)22)31(23,24)29-32(25,26)27-2-5-4(18)1-6(28-5)17-3-14-7-8(17)15-11(13)16-9(7)19;3*1-4-7(5-2)6-3/h3-6,10,18H,1-2H2,(H,23,24)(H,25,26)(H2,20,21,22)(H3,13,15,16,19);3*4-6H2,1-3H3/t4-,5+,6+,10?;;;/m0.../s1. The molecule has 0 amide bonds. The molecular formula is C29H62FN8O12P3. The number of imidazole rings is 1. The van der Waals surface area contributed by atoms with E-state index < -0.39 is 59.3 Å². The second-order valence-corrected chi connectivity index (χ2v) is 17.2. The lowest BCUT2D eigenvalue weighted by molar-refractivity contribution is -0.894. The summed E-state index contributed by atoms with van der Waals surface area (Å²) in [5, 5.41) is 10.1. The lowest BCUT2D eigenvalue weighted by atomic mass is 10.2. The molecule has 3 rings (SSSR count). The number of rotatable bonds is 17. The third-order valence-corrected chi connectivity index (χ3v) is 13.6. The van der Waals surface area contributed by atoms with E-state index in [9.17, 15) is 42.7 Å². The number of aromatic amines is 1. The Kier molecular flexibility index (Phi) is 24.0. The number of nitrogens with zero attached hydrogens (tertiary/aromatic N) is 3. The molecule has 1 fully saturated rings. The molecule has 0 saturated carbocycles. The van der Waals surface area contributed by atoms with Gasteiger partial charge in [0.1, 0.15) is 12.3 Å². The summed E-state index contributed by atoms with van der Waals surface area (Å²) in [6.07, 6.45) is -2.80. The van der Waals surface area contributed by atoms with E-state index >= 15 is 0 Å². The maximum absolute atomic E-state index is 13.3. The van der Waals surface area contributed by atoms with Crippen molar-refractivity contribution in [3.05, 3.63) is 16.7 Å². The van der Waals surface area contributed by atoms with E-state index in [0.29, 0.717) is 0 Å². The average molecular weight is 827 g/mol. The fourth-order valence-electron chi connectivity index (χ4n) is 4.99. The van der Waals surface area contributed by atoms with Gasteiger partial charge in [0.2, 0.25) is 11.6 Å². The molecule has 1 aliphatic heterocycles. The van der Waals surface area contributed by atoms with Gasteiger partial charge >= 0.3 is 0 Å². The van der Waals surface area contributed by atoms with Gasteiger partial charge in [-0.25, -0.2) is 9.37 Å². The number of hydrogen-bond acceptors (Lipinski definition) is 14. The first kappa shape index (κ1) is 51.3. The number of nitrogen functional groups attached to an aromatic ring is 1. The number of nitrogens with one attached hydrogen (secondary N) is 4. The molecule has 2 aromatic heterocycles. The van der Waals surface area contributed by atoms with Gasteiger partial charge in [0.25, 0.3) is 13.4 Å². The fourth-order valence-corrected chi connectivity index (χ4v) is 8.74. The van der Waals surface area contributed by atoms with Gasteiger partial charge in [-0.2, -0.15) is 4.98 Å². The van der Waals surface area contributed by atoms with Crippen LogP contribution in [0.25, 0.3) is 11.2 Å². The van der Waals surface area contributed by atoms with Crippen molar-refractivity contribution in [3.8, 4) is 0 Å². The van der Waals surface area contributed by atoms with Crippen LogP contribution < -0.4 is 40.7 Å². The summed E-state index contributed by atoms with van der Waals surface area (Å²) in [6.45, 7) is 30.4. The molecule has 20 nitrogen and oxygen atoms in total. The maximum atomic E-state index is 13.3. The van der Waals surface area contributed by atoms with Gasteiger partial charge in [-0.05, 0) is 62.3 Å². The molecule has 2 aromatic rings. The van der Waals surface area contributed by atoms with Crippen LogP contribution in [-0.2, 0) is 27.3 Å². The molecule has 312 valence electrons. The summed E-state index contributed by atoms with van der Waals surface area (Å²) in [4.78, 5) is 68.9. The van der Waals surface area contributed by atoms with Gasteiger partial charge in [0.05, 0.1) is 77.9 Å². The molecule has 0 bridgehead atoms. The van der Waals surface area contributed by atoms with Crippen molar-refractivity contribution in [1.29, 1.82) is 0 Å². The zero-order valence-corrected chi connectivity index (χ0v) is 35.0. The van der Waals surface area contributed by atoms with Crippen LogP contribution in [0, 0.1) is 0 Å². The molecule has 8 N–H and O–H groups in total. The summed E-state index contributed by atoms with van der Waals surface area (Å²) in [6, 6.07) is 0. The number of fused-ring (bicyclic) bond motifs is 1. The van der Waals surface area contributed by atoms with Crippen LogP contribution in [0.2, 0.25) is 0 Å². The third kappa shape index (κ3) is 17.8. The van der Waals surface area contributed by atoms with Gasteiger partial charge in [0, 0.05) is 6.42 Å². The Morgan fingerprint density at radius 3 is 1.75 bits per heavy atom. The number of anilines is 1. The summed E-state index contributed by atoms with van der Waals surface area (Å²) in [5.74, 6) is -0.231. The first-order valence-corrected chi connectivity index (χ1v) is 22.6. The van der Waals surface area contributed by atoms with E-state index in [1.165, 1.54) is 63.5 Å². The van der Waals surface area contributed by atoms with Gasteiger partial charge in [-0.15, -0.1) is 0 Å². The maximum Gasteiger partial charge on any atom is 0.280 e. The topological polar surface area (TPSA) is 291 Å². The molecular weight excluding hydrogens is 764 g/mol. The monoisotopic (exact) mass is 826 g/mol. The Morgan fingerprint density at radius 2 is 1.38 bits per heavy atom. The van der Waals surface area contributed by atoms with Crippen LogP contribution in [0.15, 0.2) is 11.1 Å². The highest BCUT2D eigenvalue weighted by molar-refractivity contribution is 7.73. The van der Waals surface area contributed by atoms with E-state index in [1.807, 2.05) is 0 Å².